The van der Waals surface area contributed by atoms with Crippen molar-refractivity contribution in [2.45, 2.75) is 360 Å². The second-order valence-corrected chi connectivity index (χ2v) is 22.0. The molecule has 0 spiro atoms. The summed E-state index contributed by atoms with van der Waals surface area (Å²) in [6.45, 7) is 4.21. The van der Waals surface area contributed by atoms with Gasteiger partial charge in [0.05, 0.1) is 18.8 Å². The monoisotopic (exact) mass is 996 g/mol. The summed E-state index contributed by atoms with van der Waals surface area (Å²) in [5.74, 6) is -0.509. The molecule has 0 aromatic rings. The van der Waals surface area contributed by atoms with Gasteiger partial charge in [-0.3, -0.25) is 4.79 Å². The molecule has 0 aliphatic carbocycles. The molecule has 3 unspecified atom stereocenters. The van der Waals surface area contributed by atoms with Crippen LogP contribution in [0.3, 0.4) is 0 Å². The minimum atomic E-state index is -1.11. The van der Waals surface area contributed by atoms with Crippen molar-refractivity contribution in [2.75, 3.05) is 6.61 Å². The Balaban J connectivity index is 3.52. The van der Waals surface area contributed by atoms with E-state index in [1.165, 1.54) is 276 Å². The smallest absolute Gasteiger partial charge is 0.249 e. The number of hydrogen-bond acceptors (Lipinski definition) is 4. The molecule has 0 fully saturated rings. The number of carbonyl (C=O) groups excluding carboxylic acids is 1. The highest BCUT2D eigenvalue weighted by Gasteiger charge is 2.22. The van der Waals surface area contributed by atoms with E-state index in [-0.39, 0.29) is 6.61 Å². The Hall–Kier alpha value is -1.69. The predicted molar refractivity (Wildman–Crippen MR) is 314 cm³/mol. The molecule has 0 heterocycles. The van der Waals surface area contributed by atoms with Gasteiger partial charge in [0.15, 0.2) is 0 Å². The molecule has 0 radical (unpaired) electrons. The molecule has 0 aromatic heterocycles. The van der Waals surface area contributed by atoms with Crippen LogP contribution in [0.5, 0.6) is 0 Å². The number of aliphatic hydroxyl groups excluding tert-OH is 3. The Morgan fingerprint density at radius 1 is 0.352 bits per heavy atom. The summed E-state index contributed by atoms with van der Waals surface area (Å²) in [4.78, 5) is 12.6. The molecule has 0 aliphatic heterocycles. The quantitative estimate of drug-likeness (QED) is 0.0361. The number of aliphatic hydroxyl groups is 3. The molecule has 1 amide bonds. The Kier molecular flexibility index (Phi) is 59.4. The molecule has 0 saturated heterocycles. The largest absolute Gasteiger partial charge is 0.394 e. The number of allylic oxidation sites excluding steroid dienone is 7. The molecule has 5 heteroatoms. The zero-order valence-corrected chi connectivity index (χ0v) is 47.9. The van der Waals surface area contributed by atoms with Crippen molar-refractivity contribution < 1.29 is 20.1 Å². The van der Waals surface area contributed by atoms with E-state index < -0.39 is 24.2 Å². The highest BCUT2D eigenvalue weighted by Crippen LogP contribution is 2.18. The van der Waals surface area contributed by atoms with Gasteiger partial charge in [0.1, 0.15) is 6.10 Å². The highest BCUT2D eigenvalue weighted by molar-refractivity contribution is 5.80. The Bertz CT molecular complexity index is 1150. The summed E-state index contributed by atoms with van der Waals surface area (Å²) >= 11 is 0. The third kappa shape index (κ3) is 55.9. The molecular weight excluding hydrogens is 871 g/mol. The van der Waals surface area contributed by atoms with Crippen LogP contribution in [0.2, 0.25) is 0 Å². The van der Waals surface area contributed by atoms with Gasteiger partial charge in [-0.1, -0.05) is 326 Å². The fourth-order valence-electron chi connectivity index (χ4n) is 9.94. The van der Waals surface area contributed by atoms with Gasteiger partial charge >= 0.3 is 0 Å². The second-order valence-electron chi connectivity index (χ2n) is 22.0. The predicted octanol–water partition coefficient (Wildman–Crippen LogP) is 20.3. The molecule has 3 atom stereocenters. The van der Waals surface area contributed by atoms with Crippen molar-refractivity contribution >= 4 is 5.91 Å². The van der Waals surface area contributed by atoms with Crippen molar-refractivity contribution in [3.05, 3.63) is 48.6 Å². The minimum absolute atomic E-state index is 0.375. The van der Waals surface area contributed by atoms with E-state index in [1.54, 1.807) is 6.08 Å². The van der Waals surface area contributed by atoms with Gasteiger partial charge in [-0.05, 0) is 64.2 Å². The van der Waals surface area contributed by atoms with Crippen LogP contribution in [0.15, 0.2) is 48.6 Å². The van der Waals surface area contributed by atoms with Crippen LogP contribution in [-0.2, 0) is 4.79 Å². The molecular formula is C66H125NO4. The van der Waals surface area contributed by atoms with Gasteiger partial charge in [-0.15, -0.1) is 0 Å². The zero-order valence-electron chi connectivity index (χ0n) is 47.9. The number of carbonyl (C=O) groups is 1. The molecule has 0 aromatic carbocycles. The lowest BCUT2D eigenvalue weighted by atomic mass is 10.0. The topological polar surface area (TPSA) is 89.8 Å². The maximum atomic E-state index is 12.6. The standard InChI is InChI=1S/C66H125NO4/c1-3-5-7-9-11-13-15-17-19-21-23-24-25-26-27-28-29-30-31-32-33-34-35-36-37-38-39-40-41-43-45-47-49-51-53-55-57-59-61-65(70)66(71)67-63(62-68)64(69)60-58-56-54-52-50-48-46-44-42-22-20-18-16-14-12-10-8-6-4-2/h29-30,32-33,50,52,58,60,63-65,68-70H,3-28,31,34-49,51,53-57,59,61-62H2,1-2H3,(H,67,71)/b30-29-,33-32-,52-50+,60-58+. The lowest BCUT2D eigenvalue weighted by Gasteiger charge is -2.21. The first-order valence-electron chi connectivity index (χ1n) is 32.0. The molecule has 418 valence electrons. The van der Waals surface area contributed by atoms with Gasteiger partial charge in [-0.25, -0.2) is 0 Å². The minimum Gasteiger partial charge on any atom is -0.394 e. The fraction of sp³-hybridized carbons (Fsp3) is 0.864. The summed E-state index contributed by atoms with van der Waals surface area (Å²) in [6, 6.07) is -0.816. The molecule has 0 saturated carbocycles. The Morgan fingerprint density at radius 2 is 0.620 bits per heavy atom. The molecule has 0 rings (SSSR count). The maximum Gasteiger partial charge on any atom is 0.249 e. The lowest BCUT2D eigenvalue weighted by molar-refractivity contribution is -0.131. The van der Waals surface area contributed by atoms with E-state index >= 15 is 0 Å². The van der Waals surface area contributed by atoms with Crippen LogP contribution in [-0.4, -0.2) is 46.1 Å². The van der Waals surface area contributed by atoms with Crippen molar-refractivity contribution in [1.29, 1.82) is 0 Å². The molecule has 0 bridgehead atoms. The van der Waals surface area contributed by atoms with Gasteiger partial charge in [0, 0.05) is 0 Å². The van der Waals surface area contributed by atoms with E-state index in [0.29, 0.717) is 6.42 Å². The van der Waals surface area contributed by atoms with Crippen molar-refractivity contribution in [3.63, 3.8) is 0 Å². The molecule has 71 heavy (non-hydrogen) atoms. The van der Waals surface area contributed by atoms with E-state index in [1.807, 2.05) is 6.08 Å². The van der Waals surface area contributed by atoms with Gasteiger partial charge in [0.2, 0.25) is 5.91 Å². The fourth-order valence-corrected chi connectivity index (χ4v) is 9.94. The average Bonchev–Trinajstić information content (AvgIpc) is 3.38. The van der Waals surface area contributed by atoms with E-state index in [2.05, 4.69) is 55.6 Å². The summed E-state index contributed by atoms with van der Waals surface area (Å²) in [5.41, 5.74) is 0. The van der Waals surface area contributed by atoms with Crippen LogP contribution >= 0.6 is 0 Å². The van der Waals surface area contributed by atoms with Crippen molar-refractivity contribution in [1.82, 2.24) is 5.32 Å². The number of amides is 1. The van der Waals surface area contributed by atoms with E-state index in [0.717, 1.165) is 44.9 Å². The highest BCUT2D eigenvalue weighted by atomic mass is 16.3. The maximum absolute atomic E-state index is 12.6. The Labute approximate surface area is 444 Å². The van der Waals surface area contributed by atoms with Crippen LogP contribution < -0.4 is 5.32 Å². The zero-order chi connectivity index (χ0) is 51.4. The average molecular weight is 997 g/mol. The van der Waals surface area contributed by atoms with Gasteiger partial charge in [-0.2, -0.15) is 0 Å². The number of rotatable bonds is 59. The first-order valence-corrected chi connectivity index (χ1v) is 32.0. The lowest BCUT2D eigenvalue weighted by Crippen LogP contribution is -2.48. The summed E-state index contributed by atoms with van der Waals surface area (Å²) in [5, 5.41) is 33.4. The number of hydrogen-bond donors (Lipinski definition) is 4. The van der Waals surface area contributed by atoms with Crippen LogP contribution in [0.1, 0.15) is 341 Å². The van der Waals surface area contributed by atoms with E-state index in [9.17, 15) is 20.1 Å². The molecule has 0 aliphatic rings. The summed E-state index contributed by atoms with van der Waals surface area (Å²) < 4.78 is 0. The summed E-state index contributed by atoms with van der Waals surface area (Å²) in [7, 11) is 0. The second kappa shape index (κ2) is 60.9. The van der Waals surface area contributed by atoms with Gasteiger partial charge < -0.3 is 20.6 Å². The van der Waals surface area contributed by atoms with E-state index in [4.69, 9.17) is 0 Å². The van der Waals surface area contributed by atoms with Crippen molar-refractivity contribution in [2.24, 2.45) is 0 Å². The number of nitrogens with one attached hydrogen (secondary N) is 1. The van der Waals surface area contributed by atoms with Crippen LogP contribution in [0, 0.1) is 0 Å². The van der Waals surface area contributed by atoms with Crippen LogP contribution in [0.25, 0.3) is 0 Å². The Morgan fingerprint density at radius 3 is 0.944 bits per heavy atom. The first kappa shape index (κ1) is 69.3. The van der Waals surface area contributed by atoms with Crippen molar-refractivity contribution in [3.8, 4) is 0 Å². The molecule has 4 N–H and O–H groups in total. The SMILES string of the molecule is CCCCCCCCCCCCCCC/C=C/CC/C=C/C(O)C(CO)NC(=O)C(O)CCCCCCCCCCCCCCCCCC/C=C\C/C=C\CCCCCCCCCCCCCCCCC. The summed E-state index contributed by atoms with van der Waals surface area (Å²) in [6.07, 6.45) is 82.3. The third-order valence-corrected chi connectivity index (χ3v) is 14.9. The number of unbranched alkanes of at least 4 members (excludes halogenated alkanes) is 45. The molecule has 5 nitrogen and oxygen atoms in total. The normalized spacial score (nSPS) is 13.5. The van der Waals surface area contributed by atoms with Gasteiger partial charge in [0.25, 0.3) is 0 Å². The van der Waals surface area contributed by atoms with Crippen LogP contribution in [0.4, 0.5) is 0 Å². The third-order valence-electron chi connectivity index (χ3n) is 14.9. The first-order chi connectivity index (χ1) is 35.1.